The highest BCUT2D eigenvalue weighted by Crippen LogP contribution is 2.25. The van der Waals surface area contributed by atoms with E-state index in [1.807, 2.05) is 6.20 Å². The molecule has 0 aromatic carbocycles. The Balaban J connectivity index is 1.11. The SMILES string of the molecule is CC(CCNc1nc(-n2ccnc2)ns1)NCCC1=COC=C(CC2=CC=CCC2)O1. The average molecular weight is 441 g/mol. The van der Waals surface area contributed by atoms with Gasteiger partial charge in [-0.1, -0.05) is 23.8 Å². The van der Waals surface area contributed by atoms with Gasteiger partial charge in [0.15, 0.2) is 0 Å². The Bertz CT molecular complexity index is 961. The Labute approximate surface area is 186 Å². The van der Waals surface area contributed by atoms with Gasteiger partial charge in [0.1, 0.15) is 30.4 Å². The lowest BCUT2D eigenvalue weighted by Gasteiger charge is -2.19. The Morgan fingerprint density at radius 3 is 3.03 bits per heavy atom. The van der Waals surface area contributed by atoms with E-state index >= 15 is 0 Å². The lowest BCUT2D eigenvalue weighted by atomic mass is 10.0. The van der Waals surface area contributed by atoms with Crippen molar-refractivity contribution in [2.75, 3.05) is 18.4 Å². The number of nitrogens with zero attached hydrogens (tertiary/aromatic N) is 4. The first-order valence-electron chi connectivity index (χ1n) is 10.6. The van der Waals surface area contributed by atoms with Crippen molar-refractivity contribution in [2.45, 2.75) is 45.1 Å². The van der Waals surface area contributed by atoms with Gasteiger partial charge >= 0.3 is 0 Å². The quantitative estimate of drug-likeness (QED) is 0.539. The smallest absolute Gasteiger partial charge is 0.248 e. The third-order valence-electron chi connectivity index (χ3n) is 5.03. The van der Waals surface area contributed by atoms with Crippen LogP contribution >= 0.6 is 11.5 Å². The molecule has 164 valence electrons. The number of nitrogens with one attached hydrogen (secondary N) is 2. The average Bonchev–Trinajstić information content (AvgIpc) is 3.47. The maximum atomic E-state index is 6.00. The predicted molar refractivity (Wildman–Crippen MR) is 122 cm³/mol. The van der Waals surface area contributed by atoms with Crippen LogP contribution in [-0.2, 0) is 9.47 Å². The number of hydrogen-bond donors (Lipinski definition) is 2. The van der Waals surface area contributed by atoms with Crippen molar-refractivity contribution in [2.24, 2.45) is 0 Å². The maximum absolute atomic E-state index is 6.00. The van der Waals surface area contributed by atoms with E-state index in [9.17, 15) is 0 Å². The lowest BCUT2D eigenvalue weighted by Crippen LogP contribution is -2.29. The summed E-state index contributed by atoms with van der Waals surface area (Å²) in [5.74, 6) is 2.38. The van der Waals surface area contributed by atoms with Crippen LogP contribution in [0.5, 0.6) is 0 Å². The molecule has 0 fully saturated rings. The highest BCUT2D eigenvalue weighted by atomic mass is 32.1. The third kappa shape index (κ3) is 6.53. The van der Waals surface area contributed by atoms with Crippen LogP contribution in [0.1, 0.15) is 39.0 Å². The van der Waals surface area contributed by atoms with Crippen molar-refractivity contribution in [3.63, 3.8) is 0 Å². The molecular weight excluding hydrogens is 412 g/mol. The fourth-order valence-electron chi connectivity index (χ4n) is 3.32. The summed E-state index contributed by atoms with van der Waals surface area (Å²) in [5.41, 5.74) is 1.38. The number of anilines is 1. The first-order chi connectivity index (χ1) is 15.3. The number of imidazole rings is 1. The molecule has 9 heteroatoms. The summed E-state index contributed by atoms with van der Waals surface area (Å²) in [5, 5.41) is 7.69. The van der Waals surface area contributed by atoms with Gasteiger partial charge in [-0.2, -0.15) is 9.36 Å². The van der Waals surface area contributed by atoms with Crippen LogP contribution in [0, 0.1) is 0 Å². The molecule has 1 aliphatic carbocycles. The standard InChI is InChI=1S/C22H28N6O2S/c1-17(7-9-25-22-26-21(27-31-22)28-12-11-23-16-28)24-10-8-19-14-29-15-20(30-19)13-18-5-3-2-4-6-18/h2-3,5,11-12,14-17,24H,4,6-10,13H2,1H3,(H,25,26,27). The van der Waals surface area contributed by atoms with Crippen molar-refractivity contribution in [3.8, 4) is 5.95 Å². The minimum Gasteiger partial charge on any atom is -0.466 e. The number of aromatic nitrogens is 4. The highest BCUT2D eigenvalue weighted by Gasteiger charge is 2.13. The van der Waals surface area contributed by atoms with Gasteiger partial charge in [-0.25, -0.2) is 4.98 Å². The van der Waals surface area contributed by atoms with Gasteiger partial charge in [-0.05, 0) is 26.2 Å². The summed E-state index contributed by atoms with van der Waals surface area (Å²) in [7, 11) is 0. The van der Waals surface area contributed by atoms with Crippen molar-refractivity contribution >= 4 is 16.7 Å². The highest BCUT2D eigenvalue weighted by molar-refractivity contribution is 7.09. The molecule has 8 nitrogen and oxygen atoms in total. The second-order valence-corrected chi connectivity index (χ2v) is 8.32. The zero-order chi connectivity index (χ0) is 21.3. The van der Waals surface area contributed by atoms with Crippen LogP contribution in [0.2, 0.25) is 0 Å². The largest absolute Gasteiger partial charge is 0.466 e. The third-order valence-corrected chi connectivity index (χ3v) is 5.69. The van der Waals surface area contributed by atoms with E-state index in [2.05, 4.69) is 50.1 Å². The van der Waals surface area contributed by atoms with Gasteiger partial charge in [-0.3, -0.25) is 4.57 Å². The first-order valence-corrected chi connectivity index (χ1v) is 11.4. The molecule has 3 heterocycles. The van der Waals surface area contributed by atoms with Crippen LogP contribution in [-0.4, -0.2) is 38.0 Å². The monoisotopic (exact) mass is 440 g/mol. The van der Waals surface area contributed by atoms with Gasteiger partial charge < -0.3 is 20.1 Å². The summed E-state index contributed by atoms with van der Waals surface area (Å²) in [6.07, 6.45) is 19.9. The van der Waals surface area contributed by atoms with Gasteiger partial charge in [-0.15, -0.1) is 0 Å². The fourth-order valence-corrected chi connectivity index (χ4v) is 3.92. The van der Waals surface area contributed by atoms with Gasteiger partial charge in [0.25, 0.3) is 0 Å². The van der Waals surface area contributed by atoms with Crippen LogP contribution < -0.4 is 10.6 Å². The molecule has 0 amide bonds. The maximum Gasteiger partial charge on any atom is 0.248 e. The Morgan fingerprint density at radius 1 is 1.26 bits per heavy atom. The predicted octanol–water partition coefficient (Wildman–Crippen LogP) is 4.29. The minimum absolute atomic E-state index is 0.368. The number of rotatable bonds is 11. The van der Waals surface area contributed by atoms with Crippen LogP contribution in [0.15, 0.2) is 66.6 Å². The van der Waals surface area contributed by atoms with E-state index in [0.717, 1.165) is 61.8 Å². The summed E-state index contributed by atoms with van der Waals surface area (Å²) in [6.45, 7) is 3.84. The Morgan fingerprint density at radius 2 is 2.19 bits per heavy atom. The van der Waals surface area contributed by atoms with E-state index < -0.39 is 0 Å². The Kier molecular flexibility index (Phi) is 7.51. The van der Waals surface area contributed by atoms with E-state index in [1.165, 1.54) is 17.1 Å². The first kappa shape index (κ1) is 21.3. The van der Waals surface area contributed by atoms with Crippen LogP contribution in [0.4, 0.5) is 5.13 Å². The molecule has 0 radical (unpaired) electrons. The van der Waals surface area contributed by atoms with Gasteiger partial charge in [0.05, 0.1) is 0 Å². The van der Waals surface area contributed by atoms with Crippen molar-refractivity contribution in [1.29, 1.82) is 0 Å². The molecule has 0 saturated heterocycles. The number of ether oxygens (including phenoxy) is 2. The molecule has 2 N–H and O–H groups in total. The molecule has 1 aliphatic heterocycles. The summed E-state index contributed by atoms with van der Waals surface area (Å²) >= 11 is 1.36. The van der Waals surface area contributed by atoms with Gasteiger partial charge in [0.2, 0.25) is 11.1 Å². The number of allylic oxidation sites excluding steroid dienone is 4. The number of hydrogen-bond acceptors (Lipinski definition) is 8. The minimum atomic E-state index is 0.368. The molecule has 2 aromatic heterocycles. The van der Waals surface area contributed by atoms with E-state index in [-0.39, 0.29) is 0 Å². The molecule has 2 aliphatic rings. The van der Waals surface area contributed by atoms with Crippen LogP contribution in [0.25, 0.3) is 5.95 Å². The van der Waals surface area contributed by atoms with Crippen molar-refractivity contribution < 1.29 is 9.47 Å². The molecule has 4 rings (SSSR count). The topological polar surface area (TPSA) is 86.1 Å². The van der Waals surface area contributed by atoms with E-state index in [0.29, 0.717) is 12.0 Å². The molecule has 1 unspecified atom stereocenters. The summed E-state index contributed by atoms with van der Waals surface area (Å²) in [6, 6.07) is 0.368. The Hall–Kier alpha value is -2.91. The van der Waals surface area contributed by atoms with E-state index in [4.69, 9.17) is 9.47 Å². The van der Waals surface area contributed by atoms with Crippen molar-refractivity contribution in [1.82, 2.24) is 24.2 Å². The molecule has 31 heavy (non-hydrogen) atoms. The lowest BCUT2D eigenvalue weighted by molar-refractivity contribution is 0.206. The summed E-state index contributed by atoms with van der Waals surface area (Å²) in [4.78, 5) is 8.49. The second-order valence-electron chi connectivity index (χ2n) is 7.57. The fraction of sp³-hybridized carbons (Fsp3) is 0.409. The molecule has 0 bridgehead atoms. The summed E-state index contributed by atoms with van der Waals surface area (Å²) < 4.78 is 17.6. The molecule has 0 spiro atoms. The van der Waals surface area contributed by atoms with Crippen molar-refractivity contribution in [3.05, 3.63) is 66.6 Å². The zero-order valence-corrected chi connectivity index (χ0v) is 18.5. The van der Waals surface area contributed by atoms with Gasteiger partial charge in [0, 0.05) is 55.9 Å². The zero-order valence-electron chi connectivity index (χ0n) is 17.7. The normalized spacial score (nSPS) is 16.6. The van der Waals surface area contributed by atoms with E-state index in [1.54, 1.807) is 29.6 Å². The second kappa shape index (κ2) is 10.9. The molecular formula is C22H28N6O2S. The molecule has 1 atom stereocenters. The molecule has 0 saturated carbocycles. The molecule has 2 aromatic rings. The van der Waals surface area contributed by atoms with Crippen LogP contribution in [0.3, 0.4) is 0 Å².